The number of fused-ring (bicyclic) bond motifs is 1. The van der Waals surface area contributed by atoms with E-state index in [-0.39, 0.29) is 11.9 Å². The van der Waals surface area contributed by atoms with E-state index in [2.05, 4.69) is 15.5 Å². The molecule has 3 heterocycles. The Morgan fingerprint density at radius 3 is 2.79 bits per heavy atom. The number of thiophene rings is 1. The van der Waals surface area contributed by atoms with Gasteiger partial charge in [-0.25, -0.2) is 0 Å². The van der Waals surface area contributed by atoms with Crippen molar-refractivity contribution in [1.29, 1.82) is 0 Å². The monoisotopic (exact) mass is 341 g/mol. The summed E-state index contributed by atoms with van der Waals surface area (Å²) in [6.07, 6.45) is 0. The van der Waals surface area contributed by atoms with Crippen LogP contribution >= 0.6 is 11.3 Å². The van der Waals surface area contributed by atoms with Gasteiger partial charge in [0.1, 0.15) is 11.5 Å². The lowest BCUT2D eigenvalue weighted by molar-refractivity contribution is 0.0955. The van der Waals surface area contributed by atoms with Gasteiger partial charge in [0.15, 0.2) is 5.69 Å². The number of hydrogen-bond donors (Lipinski definition) is 2. The molecule has 6 nitrogen and oxygen atoms in total. The summed E-state index contributed by atoms with van der Waals surface area (Å²) in [6, 6.07) is 9.18. The zero-order valence-corrected chi connectivity index (χ0v) is 13.9. The number of hydrogen-bond acceptors (Lipinski definition) is 5. The number of nitrogens with one attached hydrogen (secondary N) is 2. The quantitative estimate of drug-likeness (QED) is 0.765. The fourth-order valence-electron chi connectivity index (χ4n) is 2.98. The zero-order valence-electron chi connectivity index (χ0n) is 13.1. The fraction of sp³-hybridized carbons (Fsp3) is 0.176. The van der Waals surface area contributed by atoms with Crippen LogP contribution < -0.4 is 14.8 Å². The number of ether oxygens (including phenoxy) is 2. The van der Waals surface area contributed by atoms with Crippen LogP contribution in [-0.2, 0) is 0 Å². The summed E-state index contributed by atoms with van der Waals surface area (Å²) >= 11 is 1.60. The molecular weight excluding hydrogens is 326 g/mol. The Morgan fingerprint density at radius 2 is 2.08 bits per heavy atom. The molecule has 122 valence electrons. The minimum atomic E-state index is -0.339. The molecule has 2 N–H and O–H groups in total. The number of aromatic amines is 1. The summed E-state index contributed by atoms with van der Waals surface area (Å²) in [5, 5.41) is 12.2. The highest BCUT2D eigenvalue weighted by Gasteiger charge is 2.37. The van der Waals surface area contributed by atoms with E-state index in [1.165, 1.54) is 0 Å². The highest BCUT2D eigenvalue weighted by atomic mass is 32.1. The Kier molecular flexibility index (Phi) is 3.50. The molecule has 0 radical (unpaired) electrons. The van der Waals surface area contributed by atoms with E-state index in [0.717, 1.165) is 21.7 Å². The predicted octanol–water partition coefficient (Wildman–Crippen LogP) is 2.99. The molecule has 1 aliphatic heterocycles. The van der Waals surface area contributed by atoms with Crippen LogP contribution in [0.25, 0.3) is 10.6 Å². The number of carbonyl (C=O) groups excluding carboxylic acids is 1. The molecule has 0 spiro atoms. The van der Waals surface area contributed by atoms with Gasteiger partial charge in [0.25, 0.3) is 5.91 Å². The van der Waals surface area contributed by atoms with Crippen LogP contribution in [0.3, 0.4) is 0 Å². The second-order valence-corrected chi connectivity index (χ2v) is 6.30. The van der Waals surface area contributed by atoms with Crippen molar-refractivity contribution in [3.63, 3.8) is 0 Å². The van der Waals surface area contributed by atoms with Crippen molar-refractivity contribution in [3.8, 4) is 22.1 Å². The topological polar surface area (TPSA) is 76.2 Å². The maximum atomic E-state index is 12.3. The largest absolute Gasteiger partial charge is 0.497 e. The molecule has 1 aliphatic rings. The third kappa shape index (κ3) is 2.16. The first kappa shape index (κ1) is 14.8. The van der Waals surface area contributed by atoms with E-state index in [0.29, 0.717) is 17.2 Å². The predicted molar refractivity (Wildman–Crippen MR) is 90.8 cm³/mol. The lowest BCUT2D eigenvalue weighted by Gasteiger charge is -2.17. The number of rotatable bonds is 4. The van der Waals surface area contributed by atoms with E-state index in [9.17, 15) is 4.79 Å². The van der Waals surface area contributed by atoms with E-state index in [1.54, 1.807) is 25.6 Å². The molecular formula is C17H15N3O3S. The molecule has 0 aliphatic carbocycles. The van der Waals surface area contributed by atoms with Crippen LogP contribution in [0.15, 0.2) is 35.7 Å². The van der Waals surface area contributed by atoms with E-state index < -0.39 is 0 Å². The summed E-state index contributed by atoms with van der Waals surface area (Å²) in [7, 11) is 3.22. The standard InChI is InChI=1S/C17H15N3O3S/c1-22-9-5-6-11(23-2)10(8-9)14-13-15(12-4-3-7-24-12)19-20-16(13)17(21)18-14/h3-8,14H,1-2H3,(H,18,21)(H,19,20)/t14-/m1/s1. The summed E-state index contributed by atoms with van der Waals surface area (Å²) in [4.78, 5) is 13.4. The van der Waals surface area contributed by atoms with Crippen LogP contribution in [0, 0.1) is 0 Å². The van der Waals surface area contributed by atoms with E-state index in [1.807, 2.05) is 35.7 Å². The molecule has 1 amide bonds. The first-order valence-electron chi connectivity index (χ1n) is 7.38. The van der Waals surface area contributed by atoms with Crippen LogP contribution in [0.4, 0.5) is 0 Å². The average Bonchev–Trinajstić information content (AvgIpc) is 3.32. The van der Waals surface area contributed by atoms with Crippen LogP contribution in [0.1, 0.15) is 27.7 Å². The average molecular weight is 341 g/mol. The van der Waals surface area contributed by atoms with Crippen LogP contribution in [-0.4, -0.2) is 30.3 Å². The number of H-pyrrole nitrogens is 1. The van der Waals surface area contributed by atoms with Crippen molar-refractivity contribution in [2.24, 2.45) is 0 Å². The van der Waals surface area contributed by atoms with Gasteiger partial charge in [-0.2, -0.15) is 5.10 Å². The molecule has 4 rings (SSSR count). The molecule has 7 heteroatoms. The number of amides is 1. The van der Waals surface area contributed by atoms with Crippen molar-refractivity contribution in [2.45, 2.75) is 6.04 Å². The molecule has 0 unspecified atom stereocenters. The third-order valence-electron chi connectivity index (χ3n) is 4.10. The van der Waals surface area contributed by atoms with Gasteiger partial charge in [0.05, 0.1) is 30.8 Å². The van der Waals surface area contributed by atoms with Gasteiger partial charge in [-0.05, 0) is 29.6 Å². The second-order valence-electron chi connectivity index (χ2n) is 5.35. The van der Waals surface area contributed by atoms with Crippen molar-refractivity contribution >= 4 is 17.2 Å². The number of methoxy groups -OCH3 is 2. The Hall–Kier alpha value is -2.80. The highest BCUT2D eigenvalue weighted by Crippen LogP contribution is 2.42. The minimum absolute atomic E-state index is 0.195. The van der Waals surface area contributed by atoms with Crippen molar-refractivity contribution in [1.82, 2.24) is 15.5 Å². The number of benzene rings is 1. The molecule has 3 aromatic rings. The van der Waals surface area contributed by atoms with Gasteiger partial charge >= 0.3 is 0 Å². The lowest BCUT2D eigenvalue weighted by atomic mass is 9.98. The zero-order chi connectivity index (χ0) is 16.7. The third-order valence-corrected chi connectivity index (χ3v) is 4.99. The minimum Gasteiger partial charge on any atom is -0.497 e. The van der Waals surface area contributed by atoms with Gasteiger partial charge in [-0.15, -0.1) is 11.3 Å². The Balaban J connectivity index is 1.89. The summed E-state index contributed by atoms with van der Waals surface area (Å²) < 4.78 is 10.8. The van der Waals surface area contributed by atoms with Gasteiger partial charge in [0, 0.05) is 11.1 Å². The molecule has 1 aromatic carbocycles. The van der Waals surface area contributed by atoms with Crippen LogP contribution in [0.5, 0.6) is 11.5 Å². The summed E-state index contributed by atoms with van der Waals surface area (Å²) in [5.74, 6) is 1.20. The molecule has 2 aromatic heterocycles. The van der Waals surface area contributed by atoms with Gasteiger partial charge in [0.2, 0.25) is 0 Å². The lowest BCUT2D eigenvalue weighted by Crippen LogP contribution is -2.21. The number of nitrogens with zero attached hydrogens (tertiary/aromatic N) is 1. The van der Waals surface area contributed by atoms with E-state index >= 15 is 0 Å². The molecule has 0 fully saturated rings. The van der Waals surface area contributed by atoms with Gasteiger partial charge in [-0.3, -0.25) is 9.89 Å². The second kappa shape index (κ2) is 5.68. The van der Waals surface area contributed by atoms with Gasteiger partial charge < -0.3 is 14.8 Å². The molecule has 0 saturated heterocycles. The maximum Gasteiger partial charge on any atom is 0.272 e. The first-order chi connectivity index (χ1) is 11.7. The summed E-state index contributed by atoms with van der Waals surface area (Å²) in [6.45, 7) is 0. The van der Waals surface area contributed by atoms with Crippen molar-refractivity contribution in [3.05, 3.63) is 52.5 Å². The normalized spacial score (nSPS) is 15.9. The summed E-state index contributed by atoms with van der Waals surface area (Å²) in [5.41, 5.74) is 2.96. The Morgan fingerprint density at radius 1 is 1.21 bits per heavy atom. The molecule has 0 saturated carbocycles. The van der Waals surface area contributed by atoms with E-state index in [4.69, 9.17) is 9.47 Å². The number of aromatic nitrogens is 2. The highest BCUT2D eigenvalue weighted by molar-refractivity contribution is 7.13. The van der Waals surface area contributed by atoms with Crippen molar-refractivity contribution in [2.75, 3.05) is 14.2 Å². The maximum absolute atomic E-state index is 12.3. The van der Waals surface area contributed by atoms with Gasteiger partial charge in [-0.1, -0.05) is 6.07 Å². The first-order valence-corrected chi connectivity index (χ1v) is 8.25. The molecule has 24 heavy (non-hydrogen) atoms. The SMILES string of the molecule is COc1ccc(OC)c([C@H]2NC(=O)c3n[nH]c(-c4cccs4)c32)c1. The van der Waals surface area contributed by atoms with Crippen LogP contribution in [0.2, 0.25) is 0 Å². The smallest absolute Gasteiger partial charge is 0.272 e. The Labute approximate surface area is 142 Å². The fourth-order valence-corrected chi connectivity index (χ4v) is 3.72. The number of carbonyl (C=O) groups is 1. The Bertz CT molecular complexity index is 902. The van der Waals surface area contributed by atoms with Crippen molar-refractivity contribution < 1.29 is 14.3 Å². The molecule has 1 atom stereocenters. The molecule has 0 bridgehead atoms.